The van der Waals surface area contributed by atoms with E-state index in [0.29, 0.717) is 32.4 Å². The molecule has 1 atom stereocenters. The number of carbonyl (C=O) groups is 3. The Hall–Kier alpha value is -3.80. The van der Waals surface area contributed by atoms with Crippen molar-refractivity contribution in [3.05, 3.63) is 59.2 Å². The fourth-order valence-electron chi connectivity index (χ4n) is 5.46. The Morgan fingerprint density at radius 1 is 1.14 bits per heavy atom. The molecule has 12 heteroatoms. The monoisotopic (exact) mass is 605 g/mol. The van der Waals surface area contributed by atoms with Gasteiger partial charge in [-0.05, 0) is 57.7 Å². The van der Waals surface area contributed by atoms with E-state index in [2.05, 4.69) is 0 Å². The number of anilines is 1. The zero-order chi connectivity index (χ0) is 31.4. The highest BCUT2D eigenvalue weighted by Gasteiger charge is 2.45. The van der Waals surface area contributed by atoms with Gasteiger partial charge in [0.15, 0.2) is 5.60 Å². The van der Waals surface area contributed by atoms with E-state index in [1.54, 1.807) is 14.0 Å². The lowest BCUT2D eigenvalue weighted by Crippen LogP contribution is -2.53. The quantitative estimate of drug-likeness (QED) is 0.332. The number of benzene rings is 2. The van der Waals surface area contributed by atoms with Crippen LogP contribution in [0, 0.1) is 0 Å². The molecular weight excluding hydrogens is 567 g/mol. The number of halogens is 3. The van der Waals surface area contributed by atoms with Crippen molar-refractivity contribution < 1.29 is 41.8 Å². The number of likely N-dealkylation sites (tertiary alicyclic amines) is 1. The zero-order valence-corrected chi connectivity index (χ0v) is 24.9. The van der Waals surface area contributed by atoms with E-state index in [-0.39, 0.29) is 37.7 Å². The van der Waals surface area contributed by atoms with Gasteiger partial charge in [0, 0.05) is 39.9 Å². The maximum absolute atomic E-state index is 14.4. The van der Waals surface area contributed by atoms with Crippen LogP contribution >= 0.6 is 0 Å². The number of alkyl halides is 3. The smallest absolute Gasteiger partial charge is 0.417 e. The van der Waals surface area contributed by atoms with Crippen molar-refractivity contribution in [2.45, 2.75) is 64.5 Å². The number of unbranched alkanes of at least 4 members (excludes halogenated alkanes) is 1. The Morgan fingerprint density at radius 2 is 1.86 bits per heavy atom. The van der Waals surface area contributed by atoms with Crippen LogP contribution in [0.5, 0.6) is 5.75 Å². The number of likely N-dealkylation sites (N-methyl/N-ethyl adjacent to an activating group) is 1. The van der Waals surface area contributed by atoms with E-state index in [9.17, 15) is 27.6 Å². The molecule has 0 aromatic heterocycles. The van der Waals surface area contributed by atoms with Gasteiger partial charge in [-0.2, -0.15) is 13.2 Å². The summed E-state index contributed by atoms with van der Waals surface area (Å²) in [5, 5.41) is 0. The molecule has 0 radical (unpaired) electrons. The fraction of sp³-hybridized carbons (Fsp3) is 0.516. The minimum Gasteiger partial charge on any atom is -0.476 e. The molecule has 234 valence electrons. The Kier molecular flexibility index (Phi) is 9.89. The average Bonchev–Trinajstić information content (AvgIpc) is 3.45. The third-order valence-corrected chi connectivity index (χ3v) is 7.70. The lowest BCUT2D eigenvalue weighted by atomic mass is 9.98. The topological polar surface area (TPSA) is 88.6 Å². The second kappa shape index (κ2) is 13.2. The van der Waals surface area contributed by atoms with Crippen LogP contribution in [0.2, 0.25) is 0 Å². The first-order chi connectivity index (χ1) is 20.4. The van der Waals surface area contributed by atoms with Crippen molar-refractivity contribution in [1.29, 1.82) is 0 Å². The molecule has 1 fully saturated rings. The molecule has 9 nitrogen and oxygen atoms in total. The van der Waals surface area contributed by atoms with Crippen molar-refractivity contribution >= 4 is 23.6 Å². The number of hydrogen-bond donors (Lipinski definition) is 0. The summed E-state index contributed by atoms with van der Waals surface area (Å²) < 4.78 is 59.4. The first kappa shape index (κ1) is 32.1. The third kappa shape index (κ3) is 7.23. The largest absolute Gasteiger partial charge is 0.476 e. The molecule has 1 unspecified atom stereocenters. The van der Waals surface area contributed by atoms with Crippen LogP contribution in [0.1, 0.15) is 61.5 Å². The normalized spacial score (nSPS) is 17.8. The van der Waals surface area contributed by atoms with Crippen LogP contribution in [0.25, 0.3) is 0 Å². The molecule has 2 aromatic carbocycles. The molecule has 0 bridgehead atoms. The predicted octanol–water partition coefficient (Wildman–Crippen LogP) is 5.51. The van der Waals surface area contributed by atoms with Crippen LogP contribution in [-0.2, 0) is 27.1 Å². The first-order valence-electron chi connectivity index (χ1n) is 14.4. The van der Waals surface area contributed by atoms with Crippen LogP contribution in [-0.4, -0.2) is 79.2 Å². The molecule has 3 amide bonds. The Morgan fingerprint density at radius 3 is 2.51 bits per heavy atom. The minimum atomic E-state index is -4.86. The van der Waals surface area contributed by atoms with E-state index < -0.39 is 46.9 Å². The van der Waals surface area contributed by atoms with Gasteiger partial charge in [-0.15, -0.1) is 0 Å². The minimum absolute atomic E-state index is 0.0842. The van der Waals surface area contributed by atoms with Gasteiger partial charge in [0.05, 0.1) is 22.9 Å². The summed E-state index contributed by atoms with van der Waals surface area (Å²) in [7, 11) is 1.56. The molecule has 0 spiro atoms. The third-order valence-electron chi connectivity index (χ3n) is 7.70. The van der Waals surface area contributed by atoms with Gasteiger partial charge in [-0.1, -0.05) is 30.3 Å². The van der Waals surface area contributed by atoms with Crippen LogP contribution in [0.3, 0.4) is 0 Å². The molecule has 0 aliphatic carbocycles. The van der Waals surface area contributed by atoms with Crippen molar-refractivity contribution in [2.75, 3.05) is 44.8 Å². The number of nitrogens with zero attached hydrogens (tertiary/aromatic N) is 3. The number of carbonyl (C=O) groups excluding carboxylic acids is 3. The molecule has 43 heavy (non-hydrogen) atoms. The highest BCUT2D eigenvalue weighted by molar-refractivity contribution is 6.05. The molecule has 2 aliphatic heterocycles. The summed E-state index contributed by atoms with van der Waals surface area (Å²) in [5.74, 6) is -1.36. The summed E-state index contributed by atoms with van der Waals surface area (Å²) in [6.45, 7) is 6.00. The summed E-state index contributed by atoms with van der Waals surface area (Å²) in [5.41, 5.74) is -2.16. The Bertz CT molecular complexity index is 1320. The summed E-state index contributed by atoms with van der Waals surface area (Å²) in [4.78, 5) is 44.0. The number of rotatable bonds is 10. The van der Waals surface area contributed by atoms with Crippen LogP contribution < -0.4 is 9.64 Å². The van der Waals surface area contributed by atoms with Gasteiger partial charge in [-0.25, -0.2) is 4.79 Å². The number of methoxy groups -OCH3 is 1. The van der Waals surface area contributed by atoms with E-state index in [4.69, 9.17) is 14.2 Å². The van der Waals surface area contributed by atoms with Gasteiger partial charge < -0.3 is 28.9 Å². The van der Waals surface area contributed by atoms with Crippen molar-refractivity contribution in [3.63, 3.8) is 0 Å². The molecule has 0 saturated carbocycles. The predicted molar refractivity (Wildman–Crippen MR) is 153 cm³/mol. The van der Waals surface area contributed by atoms with E-state index in [1.165, 1.54) is 28.5 Å². The number of ether oxygens (including phenoxy) is 3. The summed E-state index contributed by atoms with van der Waals surface area (Å²) in [6.07, 6.45) is -3.85. The summed E-state index contributed by atoms with van der Waals surface area (Å²) >= 11 is 0. The van der Waals surface area contributed by atoms with Crippen molar-refractivity contribution in [1.82, 2.24) is 9.80 Å². The van der Waals surface area contributed by atoms with Gasteiger partial charge in [-0.3, -0.25) is 9.59 Å². The van der Waals surface area contributed by atoms with Crippen LogP contribution in [0.4, 0.5) is 23.7 Å². The van der Waals surface area contributed by atoms with E-state index >= 15 is 0 Å². The Labute approximate surface area is 249 Å². The van der Waals surface area contributed by atoms with Gasteiger partial charge in [0.1, 0.15) is 12.4 Å². The maximum atomic E-state index is 14.4. The number of amides is 3. The molecule has 0 N–H and O–H groups in total. The van der Waals surface area contributed by atoms with Gasteiger partial charge >= 0.3 is 12.3 Å². The number of hydrogen-bond acceptors (Lipinski definition) is 6. The fourth-order valence-corrected chi connectivity index (χ4v) is 5.46. The van der Waals surface area contributed by atoms with E-state index in [0.717, 1.165) is 17.7 Å². The lowest BCUT2D eigenvalue weighted by Gasteiger charge is -2.39. The molecule has 4 rings (SSSR count). The van der Waals surface area contributed by atoms with Crippen molar-refractivity contribution in [2.24, 2.45) is 0 Å². The summed E-state index contributed by atoms with van der Waals surface area (Å²) in [6, 6.07) is 10.6. The second-order valence-corrected chi connectivity index (χ2v) is 11.2. The van der Waals surface area contributed by atoms with Gasteiger partial charge in [0.25, 0.3) is 11.8 Å². The molecule has 2 aliphatic rings. The molecular formula is C31H38F3N3O6. The number of fused-ring (bicyclic) bond motifs is 1. The first-order valence-corrected chi connectivity index (χ1v) is 14.4. The van der Waals surface area contributed by atoms with E-state index in [1.807, 2.05) is 30.3 Å². The van der Waals surface area contributed by atoms with Gasteiger partial charge in [0.2, 0.25) is 0 Å². The highest BCUT2D eigenvalue weighted by atomic mass is 19.4. The molecule has 1 saturated heterocycles. The maximum Gasteiger partial charge on any atom is 0.417 e. The Balaban J connectivity index is 1.59. The lowest BCUT2D eigenvalue weighted by molar-refractivity contribution is -0.138. The standard InChI is InChI=1S/C31H38F3N3O6/c1-5-36(22-13-15-35(19-22)29(40)42-20-21-11-7-6-8-12-21)27(38)23-17-25-26(18-24(23)31(32,33)34)43-30(2,3)28(39)37(25)14-9-10-16-41-4/h6-8,11-12,17-18,22H,5,9-10,13-16,19-20H2,1-4H3. The zero-order valence-electron chi connectivity index (χ0n) is 24.9. The highest BCUT2D eigenvalue weighted by Crippen LogP contribution is 2.44. The second-order valence-electron chi connectivity index (χ2n) is 11.2. The molecule has 2 aromatic rings. The average molecular weight is 606 g/mol. The van der Waals surface area contributed by atoms with Crippen molar-refractivity contribution in [3.8, 4) is 5.75 Å². The molecule has 2 heterocycles. The SMILES string of the molecule is CCN(C(=O)c1cc2c(cc1C(F)(F)F)OC(C)(C)C(=O)N2CCCCOC)C1CCN(C(=O)OCc2ccccc2)C1. The van der Waals surface area contributed by atoms with Crippen LogP contribution in [0.15, 0.2) is 42.5 Å².